The zero-order valence-corrected chi connectivity index (χ0v) is 7.46. The number of fused-ring (bicyclic) bond motifs is 3. The molecule has 3 saturated heterocycles. The summed E-state index contributed by atoms with van der Waals surface area (Å²) < 4.78 is 0. The Morgan fingerprint density at radius 1 is 1.00 bits per heavy atom. The highest BCUT2D eigenvalue weighted by atomic mass is 16.7. The zero-order valence-electron chi connectivity index (χ0n) is 7.46. The number of hydrogen-bond donors (Lipinski definition) is 0. The maximum Gasteiger partial charge on any atom is 0.535 e. The summed E-state index contributed by atoms with van der Waals surface area (Å²) in [5.41, 5.74) is 0. The number of hydrogen-bond acceptors (Lipinski definition) is 6. The summed E-state index contributed by atoms with van der Waals surface area (Å²) >= 11 is 0. The van der Waals surface area contributed by atoms with Crippen LogP contribution in [0.25, 0.3) is 0 Å². The highest BCUT2D eigenvalue weighted by Gasteiger charge is 2.66. The van der Waals surface area contributed by atoms with E-state index in [4.69, 9.17) is 0 Å². The highest BCUT2D eigenvalue weighted by Crippen LogP contribution is 2.26. The molecule has 0 aromatic carbocycles. The molecule has 3 aliphatic heterocycles. The largest absolute Gasteiger partial charge is 0.535 e. The van der Waals surface area contributed by atoms with Crippen LogP contribution < -0.4 is 0 Å². The van der Waals surface area contributed by atoms with Crippen LogP contribution in [0.1, 0.15) is 0 Å². The van der Waals surface area contributed by atoms with Crippen LogP contribution in [-0.4, -0.2) is 58.2 Å². The Labute approximate surface area is 79.4 Å². The van der Waals surface area contributed by atoms with Crippen molar-refractivity contribution in [2.45, 2.75) is 5.79 Å². The first-order valence-corrected chi connectivity index (χ1v) is 4.34. The highest BCUT2D eigenvalue weighted by molar-refractivity contribution is 4.87. The molecule has 8 nitrogen and oxygen atoms in total. The third-order valence-electron chi connectivity index (χ3n) is 2.90. The van der Waals surface area contributed by atoms with Gasteiger partial charge in [0.2, 0.25) is 0 Å². The quantitative estimate of drug-likeness (QED) is 0.318. The minimum atomic E-state index is -2.10. The lowest BCUT2D eigenvalue weighted by Gasteiger charge is -2.43. The van der Waals surface area contributed by atoms with Crippen LogP contribution in [0.15, 0.2) is 0 Å². The molecular weight excluding hydrogens is 192 g/mol. The van der Waals surface area contributed by atoms with E-state index in [1.165, 1.54) is 4.90 Å². The van der Waals surface area contributed by atoms with E-state index in [2.05, 4.69) is 0 Å². The van der Waals surface area contributed by atoms with Crippen molar-refractivity contribution in [3.8, 4) is 0 Å². The van der Waals surface area contributed by atoms with Gasteiger partial charge in [-0.1, -0.05) is 0 Å². The Kier molecular flexibility index (Phi) is 1.89. The average Bonchev–Trinajstić information content (AvgIpc) is 2.18. The summed E-state index contributed by atoms with van der Waals surface area (Å²) in [6.45, 7) is 2.07. The SMILES string of the molecule is O=[N+]([O-])C1([N+](=O)[O-])CN2CCN1CC2. The van der Waals surface area contributed by atoms with Gasteiger partial charge in [-0.05, 0) is 0 Å². The van der Waals surface area contributed by atoms with Gasteiger partial charge in [0.25, 0.3) is 0 Å². The lowest BCUT2D eigenvalue weighted by atomic mass is 10.1. The number of rotatable bonds is 2. The maximum absolute atomic E-state index is 10.8. The molecule has 0 atom stereocenters. The average molecular weight is 202 g/mol. The Morgan fingerprint density at radius 2 is 1.50 bits per heavy atom. The third kappa shape index (κ3) is 1.01. The first-order valence-electron chi connectivity index (χ1n) is 4.34. The van der Waals surface area contributed by atoms with E-state index in [0.29, 0.717) is 26.2 Å². The third-order valence-corrected chi connectivity index (χ3v) is 2.90. The van der Waals surface area contributed by atoms with Crippen molar-refractivity contribution in [1.82, 2.24) is 9.80 Å². The van der Waals surface area contributed by atoms with Gasteiger partial charge < -0.3 is 0 Å². The molecule has 0 aromatic heterocycles. The molecule has 0 radical (unpaired) electrons. The molecule has 3 fully saturated rings. The van der Waals surface area contributed by atoms with Crippen LogP contribution in [-0.2, 0) is 0 Å². The predicted octanol–water partition coefficient (Wildman–Crippen LogP) is -1.18. The second kappa shape index (κ2) is 2.85. The molecule has 78 valence electrons. The van der Waals surface area contributed by atoms with Crippen molar-refractivity contribution in [3.05, 3.63) is 20.2 Å². The second-order valence-electron chi connectivity index (χ2n) is 3.55. The van der Waals surface area contributed by atoms with Crippen molar-refractivity contribution in [3.63, 3.8) is 0 Å². The molecule has 14 heavy (non-hydrogen) atoms. The monoisotopic (exact) mass is 202 g/mol. The van der Waals surface area contributed by atoms with E-state index in [-0.39, 0.29) is 6.54 Å². The summed E-state index contributed by atoms with van der Waals surface area (Å²) in [6.07, 6.45) is 0. The van der Waals surface area contributed by atoms with Gasteiger partial charge in [0.1, 0.15) is 9.85 Å². The van der Waals surface area contributed by atoms with E-state index in [1.807, 2.05) is 0 Å². The van der Waals surface area contributed by atoms with E-state index in [1.54, 1.807) is 4.90 Å². The topological polar surface area (TPSA) is 92.8 Å². The van der Waals surface area contributed by atoms with Crippen LogP contribution in [0, 0.1) is 20.2 Å². The molecule has 2 bridgehead atoms. The van der Waals surface area contributed by atoms with Crippen molar-refractivity contribution >= 4 is 0 Å². The van der Waals surface area contributed by atoms with Gasteiger partial charge in [0.05, 0.1) is 0 Å². The van der Waals surface area contributed by atoms with Gasteiger partial charge in [-0.2, -0.15) is 4.90 Å². The Bertz CT molecular complexity index is 272. The lowest BCUT2D eigenvalue weighted by molar-refractivity contribution is -0.830. The van der Waals surface area contributed by atoms with E-state index in [9.17, 15) is 20.2 Å². The van der Waals surface area contributed by atoms with Gasteiger partial charge in [0.15, 0.2) is 6.54 Å². The number of nitrogens with zero attached hydrogens (tertiary/aromatic N) is 4. The standard InChI is InChI=1S/C6H10N4O4/c11-9(12)6(10(13)14)5-7-1-3-8(6)4-2-7/h1-5H2. The van der Waals surface area contributed by atoms with Crippen molar-refractivity contribution in [2.24, 2.45) is 0 Å². The first-order chi connectivity index (χ1) is 6.57. The zero-order chi connectivity index (χ0) is 10.3. The molecule has 0 spiro atoms. The van der Waals surface area contributed by atoms with Crippen LogP contribution in [0.5, 0.6) is 0 Å². The van der Waals surface area contributed by atoms with Gasteiger partial charge in [0, 0.05) is 26.2 Å². The van der Waals surface area contributed by atoms with Crippen molar-refractivity contribution in [1.29, 1.82) is 0 Å². The summed E-state index contributed by atoms with van der Waals surface area (Å²) in [7, 11) is 0. The summed E-state index contributed by atoms with van der Waals surface area (Å²) in [4.78, 5) is 23.2. The molecule has 3 heterocycles. The minimum absolute atomic E-state index is 0.104. The fraction of sp³-hybridized carbons (Fsp3) is 1.00. The van der Waals surface area contributed by atoms with Gasteiger partial charge in [-0.25, -0.2) is 0 Å². The van der Waals surface area contributed by atoms with Crippen molar-refractivity contribution in [2.75, 3.05) is 32.7 Å². The van der Waals surface area contributed by atoms with E-state index < -0.39 is 15.6 Å². The first kappa shape index (κ1) is 9.28. The van der Waals surface area contributed by atoms with Gasteiger partial charge in [-0.15, -0.1) is 0 Å². The van der Waals surface area contributed by atoms with Crippen LogP contribution >= 0.6 is 0 Å². The summed E-state index contributed by atoms with van der Waals surface area (Å²) in [5.74, 6) is -2.10. The smallest absolute Gasteiger partial charge is 0.286 e. The summed E-state index contributed by atoms with van der Waals surface area (Å²) in [6, 6.07) is 0. The van der Waals surface area contributed by atoms with E-state index >= 15 is 0 Å². The molecule has 0 N–H and O–H groups in total. The predicted molar refractivity (Wildman–Crippen MR) is 44.7 cm³/mol. The molecule has 3 rings (SSSR count). The second-order valence-corrected chi connectivity index (χ2v) is 3.55. The Balaban J connectivity index is 2.36. The number of nitro groups is 2. The maximum atomic E-state index is 10.8. The fourth-order valence-electron chi connectivity index (χ4n) is 2.08. The molecule has 3 aliphatic rings. The molecule has 0 unspecified atom stereocenters. The lowest BCUT2D eigenvalue weighted by Crippen LogP contribution is -2.74. The summed E-state index contributed by atoms with van der Waals surface area (Å²) in [5, 5.41) is 21.6. The van der Waals surface area contributed by atoms with Crippen LogP contribution in [0.3, 0.4) is 0 Å². The molecule has 0 aliphatic carbocycles. The van der Waals surface area contributed by atoms with Crippen LogP contribution in [0.2, 0.25) is 0 Å². The molecule has 0 saturated carbocycles. The Hall–Kier alpha value is -1.28. The minimum Gasteiger partial charge on any atom is -0.286 e. The number of piperazine rings is 3. The Morgan fingerprint density at radius 3 is 1.71 bits per heavy atom. The van der Waals surface area contributed by atoms with Crippen molar-refractivity contribution < 1.29 is 9.85 Å². The molecular formula is C6H10N4O4. The normalized spacial score (nSPS) is 34.0. The van der Waals surface area contributed by atoms with E-state index in [0.717, 1.165) is 0 Å². The fourth-order valence-corrected chi connectivity index (χ4v) is 2.08. The van der Waals surface area contributed by atoms with Gasteiger partial charge >= 0.3 is 5.79 Å². The molecule has 0 amide bonds. The van der Waals surface area contributed by atoms with Gasteiger partial charge in [-0.3, -0.25) is 25.1 Å². The molecule has 0 aromatic rings. The van der Waals surface area contributed by atoms with Crippen LogP contribution in [0.4, 0.5) is 0 Å². The molecule has 8 heteroatoms.